The zero-order valence-electron chi connectivity index (χ0n) is 42.0. The minimum atomic E-state index is -1.04. The molecule has 370 valence electrons. The Morgan fingerprint density at radius 1 is 0.565 bits per heavy atom. The van der Waals surface area contributed by atoms with Gasteiger partial charge in [-0.3, -0.25) is 9.59 Å². The number of hydrogen-bond donors (Lipinski definition) is 4. The van der Waals surface area contributed by atoms with Gasteiger partial charge in [0, 0.05) is 12.9 Å². The minimum Gasteiger partial charge on any atom is -0.497 e. The number of benzene rings is 6. The standard InChI is InChI=1S/C28H32O4S.C26H28O4.C2H6OS.CH3I/c1-21-10-12-23(13-11-21)28(22-8-6-5-7-9-22,24-14-16-25(31-4)17-15-24)32-20-27(2,3)26(30)33-19-18-29;1-19-10-12-21(13-11-19)26(20-8-6-5-7-9-20,30-18-25(2,3)24(27)28)22-14-16-23(29-4)17-15-22;3-1-2-4;1-2/h5-17,29H,18-20H2,1-4H3;5-17H,18H2,1-4H3,(H,27,28);3-4H,1-2H2;1H3/i;;;1D. The number of hydrogen-bond acceptors (Lipinski definition) is 10. The normalized spacial score (nSPS) is 13.0. The van der Waals surface area contributed by atoms with E-state index in [1.807, 2.05) is 165 Å². The second kappa shape index (κ2) is 28.9. The van der Waals surface area contributed by atoms with E-state index in [0.717, 1.165) is 67.8 Å². The fourth-order valence-corrected chi connectivity index (χ4v) is 7.83. The predicted molar refractivity (Wildman–Crippen MR) is 294 cm³/mol. The SMILES string of the molecule is COc1ccc(C(OCC(C)(C)C(=O)O)(c2ccccc2)c2ccc(C)cc2)cc1.COc1ccc(C(OCC(C)(C)C(=O)SCCO)(c2ccccc2)c2ccc(C)cc2)cc1.OCCS.[2H]CI. The van der Waals surface area contributed by atoms with Gasteiger partial charge in [0.15, 0.2) is 5.12 Å². The Kier molecular flexibility index (Phi) is 23.8. The summed E-state index contributed by atoms with van der Waals surface area (Å²) in [4.78, 5) is 25.1. The predicted octanol–water partition coefficient (Wildman–Crippen LogP) is 12.0. The van der Waals surface area contributed by atoms with Crippen molar-refractivity contribution in [2.24, 2.45) is 10.8 Å². The first-order valence-corrected chi connectivity index (χ1v) is 25.5. The molecule has 0 aliphatic carbocycles. The molecule has 0 amide bonds. The van der Waals surface area contributed by atoms with Crippen LogP contribution >= 0.6 is 47.0 Å². The smallest absolute Gasteiger partial charge is 0.311 e. The summed E-state index contributed by atoms with van der Waals surface area (Å²) in [5.41, 5.74) is 4.31. The van der Waals surface area contributed by atoms with Crippen LogP contribution in [0.1, 0.15) is 73.6 Å². The molecule has 0 saturated carbocycles. The lowest BCUT2D eigenvalue weighted by Gasteiger charge is -2.38. The van der Waals surface area contributed by atoms with E-state index < -0.39 is 28.0 Å². The number of aliphatic hydroxyl groups excluding tert-OH is 2. The molecule has 0 heterocycles. The summed E-state index contributed by atoms with van der Waals surface area (Å²) in [6.45, 7) is 11.6. The molecule has 0 bridgehead atoms. The Morgan fingerprint density at radius 3 is 1.16 bits per heavy atom. The molecule has 0 spiro atoms. The number of carboxylic acid groups (broad SMARTS) is 1. The van der Waals surface area contributed by atoms with Gasteiger partial charge in [0.1, 0.15) is 22.7 Å². The van der Waals surface area contributed by atoms with E-state index in [2.05, 4.69) is 56.0 Å². The van der Waals surface area contributed by atoms with E-state index in [4.69, 9.17) is 30.5 Å². The van der Waals surface area contributed by atoms with Gasteiger partial charge in [-0.25, -0.2) is 0 Å². The fraction of sp³-hybridized carbons (Fsp3) is 0.333. The van der Waals surface area contributed by atoms with Crippen LogP contribution in [-0.4, -0.2) is 83.5 Å². The quantitative estimate of drug-likeness (QED) is 0.0269. The van der Waals surface area contributed by atoms with Crippen molar-refractivity contribution in [1.82, 2.24) is 0 Å². The first kappa shape index (κ1) is 56.9. The van der Waals surface area contributed by atoms with E-state index in [0.29, 0.717) is 16.4 Å². The first-order valence-electron chi connectivity index (χ1n) is 23.1. The largest absolute Gasteiger partial charge is 0.497 e. The van der Waals surface area contributed by atoms with Crippen LogP contribution in [0.5, 0.6) is 11.5 Å². The number of halogens is 1. The molecule has 6 rings (SSSR count). The van der Waals surface area contributed by atoms with Gasteiger partial charge in [-0.05, 0) is 104 Å². The van der Waals surface area contributed by atoms with Crippen molar-refractivity contribution in [2.75, 3.05) is 57.1 Å². The number of aliphatic carboxylic acids is 1. The summed E-state index contributed by atoms with van der Waals surface area (Å²) in [5, 5.41) is 26.6. The Morgan fingerprint density at radius 2 is 0.870 bits per heavy atom. The number of aliphatic hydroxyl groups is 2. The topological polar surface area (TPSA) is 132 Å². The number of methoxy groups -OCH3 is 2. The van der Waals surface area contributed by atoms with Gasteiger partial charge < -0.3 is 34.3 Å². The molecular weight excluding hydrogens is 1020 g/mol. The molecule has 0 fully saturated rings. The molecule has 3 N–H and O–H groups in total. The summed E-state index contributed by atoms with van der Waals surface area (Å²) in [5.74, 6) is 1.56. The number of aryl methyl sites for hydroxylation is 2. The van der Waals surface area contributed by atoms with Crippen molar-refractivity contribution in [3.05, 3.63) is 202 Å². The molecule has 0 aromatic heterocycles. The number of thioether (sulfide) groups is 1. The van der Waals surface area contributed by atoms with Gasteiger partial charge in [-0.2, -0.15) is 12.6 Å². The highest BCUT2D eigenvalue weighted by atomic mass is 127. The molecule has 0 saturated heterocycles. The average Bonchev–Trinajstić information content (AvgIpc) is 3.38. The van der Waals surface area contributed by atoms with Crippen LogP contribution in [0.2, 0.25) is 0 Å². The molecule has 12 heteroatoms. The van der Waals surface area contributed by atoms with Crippen LogP contribution in [0.25, 0.3) is 0 Å². The van der Waals surface area contributed by atoms with Crippen molar-refractivity contribution in [1.29, 1.82) is 0 Å². The molecule has 6 aromatic carbocycles. The highest BCUT2D eigenvalue weighted by Gasteiger charge is 2.42. The van der Waals surface area contributed by atoms with Gasteiger partial charge in [0.2, 0.25) is 0 Å². The number of carboxylic acids is 1. The number of ether oxygens (including phenoxy) is 4. The lowest BCUT2D eigenvalue weighted by atomic mass is 9.79. The van der Waals surface area contributed by atoms with Crippen LogP contribution in [-0.2, 0) is 30.3 Å². The van der Waals surface area contributed by atoms with Gasteiger partial charge in [-0.1, -0.05) is 179 Å². The van der Waals surface area contributed by atoms with E-state index in [-0.39, 0.29) is 31.5 Å². The molecule has 2 atom stereocenters. The highest BCUT2D eigenvalue weighted by molar-refractivity contribution is 14.1. The number of rotatable bonds is 19. The summed E-state index contributed by atoms with van der Waals surface area (Å²) in [6, 6.07) is 52.1. The maximum atomic E-state index is 12.8. The third-order valence-corrected chi connectivity index (χ3v) is 12.5. The van der Waals surface area contributed by atoms with Crippen molar-refractivity contribution >= 4 is 58.1 Å². The maximum absolute atomic E-state index is 12.8. The van der Waals surface area contributed by atoms with Crippen LogP contribution in [0, 0.1) is 24.7 Å². The lowest BCUT2D eigenvalue weighted by Crippen LogP contribution is -2.39. The van der Waals surface area contributed by atoms with Crippen molar-refractivity contribution in [3.63, 3.8) is 0 Å². The van der Waals surface area contributed by atoms with Crippen molar-refractivity contribution in [3.8, 4) is 11.5 Å². The van der Waals surface area contributed by atoms with Crippen LogP contribution in [0.4, 0.5) is 0 Å². The molecule has 9 nitrogen and oxygen atoms in total. The molecular formula is C57H69IO9S2. The van der Waals surface area contributed by atoms with Crippen LogP contribution < -0.4 is 9.47 Å². The number of carbonyl (C=O) groups excluding carboxylic acids is 1. The van der Waals surface area contributed by atoms with Crippen LogP contribution in [0.15, 0.2) is 158 Å². The Bertz CT molecular complexity index is 2420. The van der Waals surface area contributed by atoms with Crippen LogP contribution in [0.3, 0.4) is 0 Å². The average molecular weight is 1090 g/mol. The molecule has 6 aromatic rings. The second-order valence-electron chi connectivity index (χ2n) is 17.2. The summed E-state index contributed by atoms with van der Waals surface area (Å²) >= 11 is 6.77. The summed E-state index contributed by atoms with van der Waals surface area (Å²) in [6.07, 6.45) is 0. The number of thiol groups is 1. The fourth-order valence-electron chi connectivity index (χ4n) is 7.11. The molecule has 0 radical (unpaired) electrons. The Balaban J connectivity index is 0.000000328. The zero-order valence-corrected chi connectivity index (χ0v) is 44.9. The molecule has 0 aliphatic rings. The Labute approximate surface area is 435 Å². The Hall–Kier alpha value is -4.67. The van der Waals surface area contributed by atoms with E-state index in [1.165, 1.54) is 0 Å². The number of alkyl halides is 1. The number of carbonyl (C=O) groups is 2. The zero-order chi connectivity index (χ0) is 51.8. The minimum absolute atomic E-state index is 0.00264. The van der Waals surface area contributed by atoms with Gasteiger partial charge >= 0.3 is 5.97 Å². The second-order valence-corrected chi connectivity index (χ2v) is 18.8. The third-order valence-electron chi connectivity index (χ3n) is 11.1. The van der Waals surface area contributed by atoms with Gasteiger partial charge in [0.25, 0.3) is 0 Å². The summed E-state index contributed by atoms with van der Waals surface area (Å²) < 4.78 is 30.4. The highest BCUT2D eigenvalue weighted by Crippen LogP contribution is 2.44. The van der Waals surface area contributed by atoms with E-state index in [9.17, 15) is 14.7 Å². The maximum Gasteiger partial charge on any atom is 0.311 e. The van der Waals surface area contributed by atoms with Gasteiger partial charge in [-0.15, -0.1) is 0 Å². The molecule has 2 unspecified atom stereocenters. The first-order chi connectivity index (χ1) is 33.4. The molecule has 0 aliphatic heterocycles. The lowest BCUT2D eigenvalue weighted by molar-refractivity contribution is -0.153. The van der Waals surface area contributed by atoms with Crippen molar-refractivity contribution < 1.29 is 45.2 Å². The van der Waals surface area contributed by atoms with E-state index in [1.54, 1.807) is 28.1 Å². The third kappa shape index (κ3) is 15.9. The molecule has 69 heavy (non-hydrogen) atoms. The van der Waals surface area contributed by atoms with Gasteiger partial charge in [0.05, 0.1) is 51.5 Å². The van der Waals surface area contributed by atoms with E-state index >= 15 is 0 Å². The monoisotopic (exact) mass is 1090 g/mol. The van der Waals surface area contributed by atoms with Crippen molar-refractivity contribution in [2.45, 2.75) is 52.7 Å². The summed E-state index contributed by atoms with van der Waals surface area (Å²) in [7, 11) is 3.28.